The lowest BCUT2D eigenvalue weighted by Gasteiger charge is -2.39. The van der Waals surface area contributed by atoms with E-state index in [4.69, 9.17) is 14.3 Å². The maximum absolute atomic E-state index is 10.8. The van der Waals surface area contributed by atoms with Gasteiger partial charge in [-0.15, -0.1) is 5.73 Å². The monoisotopic (exact) mass is 500 g/mol. The fraction of sp³-hybridized carbons (Fsp3) is 0.586. The molecule has 0 spiro atoms. The van der Waals surface area contributed by atoms with Crippen LogP contribution in [0.25, 0.3) is 0 Å². The van der Waals surface area contributed by atoms with Crippen molar-refractivity contribution in [2.75, 3.05) is 6.61 Å². The lowest BCUT2D eigenvalue weighted by Crippen LogP contribution is -2.45. The average molecular weight is 501 g/mol. The maximum Gasteiger partial charge on any atom is 0.307 e. The Kier molecular flexibility index (Phi) is 10.6. The van der Waals surface area contributed by atoms with E-state index in [1.807, 2.05) is 36.4 Å². The van der Waals surface area contributed by atoms with Crippen molar-refractivity contribution >= 4 is 14.3 Å². The molecule has 3 atom stereocenters. The molecular formula is C29H44O5Si. The summed E-state index contributed by atoms with van der Waals surface area (Å²) in [6.07, 6.45) is 9.01. The number of para-hydroxylation sites is 1. The molecule has 0 aliphatic heterocycles. The molecule has 194 valence electrons. The Morgan fingerprint density at radius 2 is 1.94 bits per heavy atom. The number of carbonyl (C=O) groups is 1. The van der Waals surface area contributed by atoms with Crippen molar-refractivity contribution in [3.05, 3.63) is 59.9 Å². The summed E-state index contributed by atoms with van der Waals surface area (Å²) < 4.78 is 12.9. The minimum Gasteiger partial charge on any atom is -0.491 e. The van der Waals surface area contributed by atoms with Gasteiger partial charge < -0.3 is 19.4 Å². The summed E-state index contributed by atoms with van der Waals surface area (Å²) in [7, 11) is -1.98. The van der Waals surface area contributed by atoms with Crippen LogP contribution in [0.2, 0.25) is 18.1 Å². The number of benzene rings is 1. The standard InChI is InChI=1S/C29H44O5Si/c1-28(2,3)35(5,6)34-25(22-33-24-14-10-9-11-15-24)19-17-23-18-20-26(30)29(23,4)21-13-8-7-12-16-27(31)32/h8-12,14-15,18,25-26,30H,13,16-17,19-22H2,1-6H3,(H,31,32)/t7?,25-,26-,29+/m0/s1. The van der Waals surface area contributed by atoms with Gasteiger partial charge in [0.05, 0.1) is 18.6 Å². The van der Waals surface area contributed by atoms with Crippen LogP contribution in [0.5, 0.6) is 5.75 Å². The number of aliphatic carboxylic acids is 1. The highest BCUT2D eigenvalue weighted by Gasteiger charge is 2.41. The van der Waals surface area contributed by atoms with Gasteiger partial charge in [0.15, 0.2) is 8.32 Å². The Morgan fingerprint density at radius 1 is 1.26 bits per heavy atom. The Balaban J connectivity index is 2.06. The smallest absolute Gasteiger partial charge is 0.307 e. The van der Waals surface area contributed by atoms with Crippen LogP contribution in [0, 0.1) is 5.41 Å². The van der Waals surface area contributed by atoms with Gasteiger partial charge in [0.1, 0.15) is 12.4 Å². The molecule has 0 bridgehead atoms. The van der Waals surface area contributed by atoms with Gasteiger partial charge in [0.25, 0.3) is 0 Å². The largest absolute Gasteiger partial charge is 0.491 e. The highest BCUT2D eigenvalue weighted by Crippen LogP contribution is 2.45. The number of hydrogen-bond acceptors (Lipinski definition) is 4. The number of hydrogen-bond donors (Lipinski definition) is 2. The third-order valence-electron chi connectivity index (χ3n) is 7.56. The van der Waals surface area contributed by atoms with E-state index in [2.05, 4.69) is 52.6 Å². The maximum atomic E-state index is 10.8. The van der Waals surface area contributed by atoms with E-state index in [1.54, 1.807) is 0 Å². The lowest BCUT2D eigenvalue weighted by molar-refractivity contribution is -0.136. The van der Waals surface area contributed by atoms with Gasteiger partial charge in [0.2, 0.25) is 0 Å². The van der Waals surface area contributed by atoms with Crippen LogP contribution >= 0.6 is 0 Å². The van der Waals surface area contributed by atoms with Gasteiger partial charge >= 0.3 is 5.97 Å². The number of carboxylic acids is 1. The van der Waals surface area contributed by atoms with Crippen LogP contribution in [0.3, 0.4) is 0 Å². The number of rotatable bonds is 13. The van der Waals surface area contributed by atoms with Gasteiger partial charge in [-0.1, -0.05) is 57.5 Å². The summed E-state index contributed by atoms with van der Waals surface area (Å²) >= 11 is 0. The predicted molar refractivity (Wildman–Crippen MR) is 144 cm³/mol. The van der Waals surface area contributed by atoms with Crippen LogP contribution in [-0.4, -0.2) is 43.3 Å². The Labute approximate surface area is 212 Å². The molecule has 1 aromatic rings. The molecule has 0 aromatic heterocycles. The molecule has 0 heterocycles. The van der Waals surface area contributed by atoms with E-state index in [0.717, 1.165) is 31.4 Å². The molecule has 1 aliphatic carbocycles. The molecule has 2 N–H and O–H groups in total. The van der Waals surface area contributed by atoms with Crippen molar-refractivity contribution in [2.45, 2.75) is 96.6 Å². The fourth-order valence-electron chi connectivity index (χ4n) is 4.15. The summed E-state index contributed by atoms with van der Waals surface area (Å²) in [5.74, 6) is -0.0144. The Bertz CT molecular complexity index is 909. The van der Waals surface area contributed by atoms with E-state index in [0.29, 0.717) is 13.0 Å². The van der Waals surface area contributed by atoms with E-state index in [1.165, 1.54) is 11.6 Å². The Morgan fingerprint density at radius 3 is 2.57 bits per heavy atom. The summed E-state index contributed by atoms with van der Waals surface area (Å²) in [5.41, 5.74) is 3.92. The van der Waals surface area contributed by atoms with E-state index < -0.39 is 20.4 Å². The quantitative estimate of drug-likeness (QED) is 0.175. The minimum atomic E-state index is -1.98. The molecule has 5 nitrogen and oxygen atoms in total. The molecule has 0 saturated heterocycles. The summed E-state index contributed by atoms with van der Waals surface area (Å²) in [6, 6.07) is 9.86. The van der Waals surface area contributed by atoms with E-state index >= 15 is 0 Å². The molecule has 0 radical (unpaired) electrons. The van der Waals surface area contributed by atoms with E-state index in [-0.39, 0.29) is 23.0 Å². The van der Waals surface area contributed by atoms with Gasteiger partial charge in [-0.3, -0.25) is 4.79 Å². The fourth-order valence-corrected chi connectivity index (χ4v) is 5.53. The van der Waals surface area contributed by atoms with Crippen LogP contribution in [0.15, 0.2) is 59.9 Å². The van der Waals surface area contributed by atoms with Crippen LogP contribution < -0.4 is 4.74 Å². The number of ether oxygens (including phenoxy) is 1. The number of aliphatic hydroxyl groups excluding tert-OH is 1. The molecule has 0 amide bonds. The first kappa shape index (κ1) is 29.1. The highest BCUT2D eigenvalue weighted by atomic mass is 28.4. The van der Waals surface area contributed by atoms with Gasteiger partial charge in [0, 0.05) is 5.41 Å². The third kappa shape index (κ3) is 8.80. The van der Waals surface area contributed by atoms with Gasteiger partial charge in [-0.2, -0.15) is 0 Å². The third-order valence-corrected chi connectivity index (χ3v) is 12.1. The summed E-state index contributed by atoms with van der Waals surface area (Å²) in [4.78, 5) is 10.6. The van der Waals surface area contributed by atoms with Crippen molar-refractivity contribution in [1.82, 2.24) is 0 Å². The first-order chi connectivity index (χ1) is 16.3. The second kappa shape index (κ2) is 12.7. The zero-order chi connectivity index (χ0) is 26.1. The van der Waals surface area contributed by atoms with Crippen LogP contribution in [-0.2, 0) is 9.22 Å². The van der Waals surface area contributed by atoms with Crippen molar-refractivity contribution in [3.8, 4) is 5.75 Å². The summed E-state index contributed by atoms with van der Waals surface area (Å²) in [5, 5.41) is 19.6. The van der Waals surface area contributed by atoms with Gasteiger partial charge in [-0.05, 0) is 74.5 Å². The van der Waals surface area contributed by atoms with Crippen LogP contribution in [0.4, 0.5) is 0 Å². The van der Waals surface area contributed by atoms with Crippen molar-refractivity contribution < 1.29 is 24.2 Å². The molecule has 0 unspecified atom stereocenters. The highest BCUT2D eigenvalue weighted by molar-refractivity contribution is 6.74. The molecule has 0 saturated carbocycles. The van der Waals surface area contributed by atoms with Crippen molar-refractivity contribution in [3.63, 3.8) is 0 Å². The SMILES string of the molecule is CC(C)(C)[Si](C)(C)O[C@@H](CCC1=CC[C@H](O)[C@]1(C)CCC=C=CCC(=O)O)COc1ccccc1. The molecule has 6 heteroatoms. The average Bonchev–Trinajstić information content (AvgIpc) is 3.06. The molecule has 0 fully saturated rings. The molecule has 2 rings (SSSR count). The van der Waals surface area contributed by atoms with Crippen molar-refractivity contribution in [1.29, 1.82) is 0 Å². The van der Waals surface area contributed by atoms with Gasteiger partial charge in [-0.25, -0.2) is 0 Å². The van der Waals surface area contributed by atoms with Crippen LogP contribution in [0.1, 0.15) is 66.2 Å². The zero-order valence-electron chi connectivity index (χ0n) is 22.3. The predicted octanol–water partition coefficient (Wildman–Crippen LogP) is 6.90. The van der Waals surface area contributed by atoms with E-state index in [9.17, 15) is 9.90 Å². The Hall–Kier alpha value is -2.11. The number of aliphatic hydroxyl groups is 1. The zero-order valence-corrected chi connectivity index (χ0v) is 23.3. The number of carboxylic acid groups (broad SMARTS) is 1. The second-order valence-corrected chi connectivity index (χ2v) is 16.0. The topological polar surface area (TPSA) is 76.0 Å². The normalized spacial score (nSPS) is 21.1. The first-order valence-electron chi connectivity index (χ1n) is 12.7. The molecular weight excluding hydrogens is 456 g/mol. The van der Waals surface area contributed by atoms with Crippen molar-refractivity contribution in [2.24, 2.45) is 5.41 Å². The lowest BCUT2D eigenvalue weighted by atomic mass is 9.75. The summed E-state index contributed by atoms with van der Waals surface area (Å²) in [6.45, 7) is 13.9. The second-order valence-electron chi connectivity index (χ2n) is 11.3. The first-order valence-corrected chi connectivity index (χ1v) is 15.6. The molecule has 35 heavy (non-hydrogen) atoms. The minimum absolute atomic E-state index is 0.0256. The molecule has 1 aliphatic rings. The molecule has 1 aromatic carbocycles.